The monoisotopic (exact) mass is 537 g/mol. The number of ether oxygens (including phenoxy) is 1. The Hall–Kier alpha value is -2.33. The van der Waals surface area contributed by atoms with Gasteiger partial charge in [-0.1, -0.05) is 23.2 Å². The number of halogens is 2. The van der Waals surface area contributed by atoms with Gasteiger partial charge in [0.05, 0.1) is 11.3 Å². The predicted octanol–water partition coefficient (Wildman–Crippen LogP) is 4.50. The molecule has 186 valence electrons. The topological polar surface area (TPSA) is 87.2 Å². The van der Waals surface area contributed by atoms with Crippen molar-refractivity contribution in [3.8, 4) is 0 Å². The predicted molar refractivity (Wildman–Crippen MR) is 133 cm³/mol. The van der Waals surface area contributed by atoms with Gasteiger partial charge in [0.15, 0.2) is 0 Å². The van der Waals surface area contributed by atoms with Crippen LogP contribution in [0, 0.1) is 0 Å². The summed E-state index contributed by atoms with van der Waals surface area (Å²) in [5, 5.41) is 0.935. The van der Waals surface area contributed by atoms with Crippen LogP contribution in [0.1, 0.15) is 41.6 Å². The van der Waals surface area contributed by atoms with Gasteiger partial charge in [0, 0.05) is 55.1 Å². The van der Waals surface area contributed by atoms with E-state index in [0.29, 0.717) is 29.3 Å². The Balaban J connectivity index is 1.17. The Morgan fingerprint density at radius 2 is 1.63 bits per heavy atom. The number of piperidine rings is 1. The van der Waals surface area contributed by atoms with E-state index in [2.05, 4.69) is 4.90 Å². The van der Waals surface area contributed by atoms with Crippen molar-refractivity contribution in [2.45, 2.75) is 36.2 Å². The van der Waals surface area contributed by atoms with Gasteiger partial charge in [-0.3, -0.25) is 9.69 Å². The van der Waals surface area contributed by atoms with Gasteiger partial charge in [0.1, 0.15) is 10.5 Å². The quantitative estimate of drug-likeness (QED) is 0.522. The Labute approximate surface area is 214 Å². The highest BCUT2D eigenvalue weighted by molar-refractivity contribution is 7.90. The first-order valence-corrected chi connectivity index (χ1v) is 13.7. The molecule has 0 N–H and O–H groups in total. The van der Waals surface area contributed by atoms with Crippen molar-refractivity contribution < 1.29 is 22.7 Å². The molecule has 0 bridgehead atoms. The number of nitrogens with zero attached hydrogens (tertiary/aromatic N) is 3. The first-order valence-electron chi connectivity index (χ1n) is 11.5. The normalized spacial score (nSPS) is 20.7. The second kappa shape index (κ2) is 8.96. The Kier molecular flexibility index (Phi) is 6.24. The van der Waals surface area contributed by atoms with Gasteiger partial charge in [-0.15, -0.1) is 0 Å². The molecule has 3 aliphatic rings. The molecule has 5 rings (SSSR count). The zero-order chi connectivity index (χ0) is 25.0. The van der Waals surface area contributed by atoms with Crippen LogP contribution in [0.15, 0.2) is 41.3 Å². The number of fused-ring (bicyclic) bond motifs is 3. The van der Waals surface area contributed by atoms with E-state index in [-0.39, 0.29) is 23.1 Å². The number of sulfonamides is 1. The minimum absolute atomic E-state index is 0.0151. The fourth-order valence-corrected chi connectivity index (χ4v) is 7.06. The summed E-state index contributed by atoms with van der Waals surface area (Å²) < 4.78 is 32.3. The molecule has 8 nitrogen and oxygen atoms in total. The molecule has 11 heteroatoms. The molecule has 35 heavy (non-hydrogen) atoms. The first-order chi connectivity index (χ1) is 16.6. The fraction of sp³-hybridized carbons (Fsp3) is 0.417. The molecule has 2 amide bonds. The summed E-state index contributed by atoms with van der Waals surface area (Å²) in [6.45, 7) is 2.34. The lowest BCUT2D eigenvalue weighted by Gasteiger charge is -2.46. The molecular formula is C24H25Cl2N3O5S. The van der Waals surface area contributed by atoms with Crippen LogP contribution in [0.5, 0.6) is 0 Å². The average molecular weight is 538 g/mol. The lowest BCUT2D eigenvalue weighted by Crippen LogP contribution is -2.50. The molecule has 1 saturated heterocycles. The third-order valence-corrected chi connectivity index (χ3v) is 9.39. The summed E-state index contributed by atoms with van der Waals surface area (Å²) in [4.78, 5) is 28.9. The summed E-state index contributed by atoms with van der Waals surface area (Å²) in [6, 6.07) is 9.78. The van der Waals surface area contributed by atoms with E-state index in [1.54, 1.807) is 13.1 Å². The maximum Gasteiger partial charge on any atom is 0.414 e. The van der Waals surface area contributed by atoms with Gasteiger partial charge in [0.2, 0.25) is 0 Å². The summed E-state index contributed by atoms with van der Waals surface area (Å²) >= 11 is 12.2. The SMILES string of the molecule is CN1C(=O)OC2(CCN(CCCCN3C(=O)c4cc(Cl)ccc4S3(=O)=O)CC2)c2cc(Cl)ccc21. The highest BCUT2D eigenvalue weighted by atomic mass is 35.5. The van der Waals surface area contributed by atoms with Crippen molar-refractivity contribution in [1.82, 2.24) is 9.21 Å². The molecule has 0 saturated carbocycles. The van der Waals surface area contributed by atoms with E-state index in [9.17, 15) is 18.0 Å². The fourth-order valence-electron chi connectivity index (χ4n) is 5.13. The van der Waals surface area contributed by atoms with Gasteiger partial charge in [0.25, 0.3) is 15.9 Å². The number of anilines is 1. The molecular weight excluding hydrogens is 513 g/mol. The molecule has 3 aliphatic heterocycles. The number of hydrogen-bond acceptors (Lipinski definition) is 6. The van der Waals surface area contributed by atoms with E-state index in [0.717, 1.165) is 41.6 Å². The van der Waals surface area contributed by atoms with Crippen LogP contribution in [-0.2, 0) is 20.4 Å². The summed E-state index contributed by atoms with van der Waals surface area (Å²) in [6.07, 6.45) is 2.21. The third kappa shape index (κ3) is 4.18. The number of amides is 2. The molecule has 0 atom stereocenters. The van der Waals surface area contributed by atoms with Gasteiger partial charge in [-0.05, 0) is 55.8 Å². The average Bonchev–Trinajstić information content (AvgIpc) is 3.01. The minimum atomic E-state index is -3.83. The zero-order valence-electron chi connectivity index (χ0n) is 19.2. The maximum absolute atomic E-state index is 12.7. The highest BCUT2D eigenvalue weighted by Crippen LogP contribution is 2.46. The number of rotatable bonds is 5. The maximum atomic E-state index is 12.7. The standard InChI is InChI=1S/C24H25Cl2N3O5S/c1-27-20-6-4-17(26)15-19(20)24(34-23(27)31)8-12-28(13-9-24)10-2-3-11-29-22(30)18-14-16(25)5-7-21(18)35(29,32)33/h4-7,14-15H,2-3,8-13H2,1H3. The molecule has 1 spiro atoms. The lowest BCUT2D eigenvalue weighted by atomic mass is 9.82. The van der Waals surface area contributed by atoms with Gasteiger partial charge in [-0.2, -0.15) is 0 Å². The molecule has 3 heterocycles. The van der Waals surface area contributed by atoms with Crippen molar-refractivity contribution in [2.75, 3.05) is 38.1 Å². The molecule has 1 fully saturated rings. The van der Waals surface area contributed by atoms with Crippen molar-refractivity contribution >= 4 is 50.9 Å². The van der Waals surface area contributed by atoms with E-state index >= 15 is 0 Å². The Morgan fingerprint density at radius 1 is 0.971 bits per heavy atom. The van der Waals surface area contributed by atoms with Crippen LogP contribution >= 0.6 is 23.2 Å². The van der Waals surface area contributed by atoms with E-state index < -0.39 is 21.5 Å². The van der Waals surface area contributed by atoms with Crippen LogP contribution in [0.25, 0.3) is 0 Å². The van der Waals surface area contributed by atoms with Gasteiger partial charge in [-0.25, -0.2) is 17.5 Å². The second-order valence-corrected chi connectivity index (χ2v) is 11.9. The number of unbranched alkanes of at least 4 members (excludes halogenated alkanes) is 1. The van der Waals surface area contributed by atoms with E-state index in [1.807, 2.05) is 12.1 Å². The molecule has 2 aromatic rings. The second-order valence-electron chi connectivity index (χ2n) is 9.15. The zero-order valence-corrected chi connectivity index (χ0v) is 21.5. The Morgan fingerprint density at radius 3 is 2.37 bits per heavy atom. The molecule has 0 aliphatic carbocycles. The van der Waals surface area contributed by atoms with Crippen molar-refractivity contribution in [3.05, 3.63) is 57.6 Å². The first kappa shape index (κ1) is 24.4. The highest BCUT2D eigenvalue weighted by Gasteiger charge is 2.46. The summed E-state index contributed by atoms with van der Waals surface area (Å²) in [7, 11) is -2.14. The van der Waals surface area contributed by atoms with Crippen LogP contribution in [0.4, 0.5) is 10.5 Å². The van der Waals surface area contributed by atoms with Gasteiger partial charge < -0.3 is 9.64 Å². The van der Waals surface area contributed by atoms with Crippen molar-refractivity contribution in [1.29, 1.82) is 0 Å². The van der Waals surface area contributed by atoms with Crippen LogP contribution < -0.4 is 4.90 Å². The number of likely N-dealkylation sites (tertiary alicyclic amines) is 1. The van der Waals surface area contributed by atoms with E-state index in [1.165, 1.54) is 23.1 Å². The van der Waals surface area contributed by atoms with Crippen LogP contribution in [-0.4, -0.2) is 62.9 Å². The van der Waals surface area contributed by atoms with Crippen molar-refractivity contribution in [2.24, 2.45) is 0 Å². The largest absolute Gasteiger partial charge is 0.437 e. The Bertz CT molecular complexity index is 1310. The third-order valence-electron chi connectivity index (χ3n) is 7.08. The number of carbonyl (C=O) groups is 2. The van der Waals surface area contributed by atoms with Crippen molar-refractivity contribution in [3.63, 3.8) is 0 Å². The minimum Gasteiger partial charge on any atom is -0.437 e. The lowest BCUT2D eigenvalue weighted by molar-refractivity contribution is -0.0415. The molecule has 0 aromatic heterocycles. The van der Waals surface area contributed by atoms with E-state index in [4.69, 9.17) is 27.9 Å². The number of benzene rings is 2. The molecule has 0 radical (unpaired) electrons. The van der Waals surface area contributed by atoms with Gasteiger partial charge >= 0.3 is 6.09 Å². The number of carbonyl (C=O) groups excluding carboxylic acids is 2. The smallest absolute Gasteiger partial charge is 0.414 e. The van der Waals surface area contributed by atoms with Crippen LogP contribution in [0.2, 0.25) is 10.0 Å². The number of hydrogen-bond donors (Lipinski definition) is 0. The molecule has 0 unspecified atom stereocenters. The van der Waals surface area contributed by atoms with Crippen LogP contribution in [0.3, 0.4) is 0 Å². The summed E-state index contributed by atoms with van der Waals surface area (Å²) in [5.74, 6) is -0.524. The summed E-state index contributed by atoms with van der Waals surface area (Å²) in [5.41, 5.74) is 1.19. The molecule has 2 aromatic carbocycles.